The third kappa shape index (κ3) is 6.39. The molecule has 0 spiro atoms. The Morgan fingerprint density at radius 1 is 0.865 bits per heavy atom. The molecule has 1 saturated carbocycles. The molecule has 2 fully saturated rings. The van der Waals surface area contributed by atoms with Crippen LogP contribution in [0.3, 0.4) is 0 Å². The molecule has 0 bridgehead atoms. The molecule has 37 heavy (non-hydrogen) atoms. The Morgan fingerprint density at radius 3 is 2.16 bits per heavy atom. The highest BCUT2D eigenvalue weighted by atomic mass is 16.5. The first-order valence-electron chi connectivity index (χ1n) is 14.5. The second-order valence-electron chi connectivity index (χ2n) is 14.7. The highest BCUT2D eigenvalue weighted by Crippen LogP contribution is 2.52. The highest BCUT2D eigenvalue weighted by Gasteiger charge is 2.44. The minimum Gasteiger partial charge on any atom is -0.381 e. The molecule has 1 atom stereocenters. The molecule has 0 N–H and O–H groups in total. The van der Waals surface area contributed by atoms with Crippen LogP contribution >= 0.6 is 0 Å². The van der Waals surface area contributed by atoms with Crippen LogP contribution in [0.15, 0.2) is 24.3 Å². The molecule has 1 saturated heterocycles. The topological polar surface area (TPSA) is 46.4 Å². The van der Waals surface area contributed by atoms with Crippen molar-refractivity contribution in [3.8, 4) is 0 Å². The molecule has 1 aromatic heterocycles. The van der Waals surface area contributed by atoms with Gasteiger partial charge >= 0.3 is 0 Å². The summed E-state index contributed by atoms with van der Waals surface area (Å²) in [7, 11) is 4.09. The maximum absolute atomic E-state index is 5.58. The molecule has 6 nitrogen and oxygen atoms in total. The molecule has 1 aromatic carbocycles. The van der Waals surface area contributed by atoms with Crippen molar-refractivity contribution in [3.05, 3.63) is 24.3 Å². The summed E-state index contributed by atoms with van der Waals surface area (Å²) in [5.41, 5.74) is 2.80. The van der Waals surface area contributed by atoms with Crippen LogP contribution in [0.5, 0.6) is 0 Å². The largest absolute Gasteiger partial charge is 0.381 e. The summed E-state index contributed by atoms with van der Waals surface area (Å²) in [6.45, 7) is 21.6. The van der Waals surface area contributed by atoms with Gasteiger partial charge in [-0.05, 0) is 86.8 Å². The fraction of sp³-hybridized carbons (Fsp3) is 0.806. The molecule has 2 heterocycles. The maximum atomic E-state index is 5.58. The molecular weight excluding hydrogens is 458 g/mol. The number of fused-ring (bicyclic) bond motifs is 1. The molecule has 6 heteroatoms. The summed E-state index contributed by atoms with van der Waals surface area (Å²) >= 11 is 0. The van der Waals surface area contributed by atoms with Crippen LogP contribution in [0.1, 0.15) is 87.0 Å². The average molecular weight is 512 g/mol. The molecule has 0 amide bonds. The third-order valence-corrected chi connectivity index (χ3v) is 9.69. The van der Waals surface area contributed by atoms with Gasteiger partial charge in [0.25, 0.3) is 0 Å². The van der Waals surface area contributed by atoms with Crippen molar-refractivity contribution in [2.75, 3.05) is 40.3 Å². The van der Waals surface area contributed by atoms with Gasteiger partial charge in [0.1, 0.15) is 11.2 Å². The van der Waals surface area contributed by atoms with E-state index in [0.717, 1.165) is 56.0 Å². The Kier molecular flexibility index (Phi) is 8.15. The van der Waals surface area contributed by atoms with Gasteiger partial charge in [0, 0.05) is 33.3 Å². The van der Waals surface area contributed by atoms with Gasteiger partial charge in [0.2, 0.25) is 0 Å². The van der Waals surface area contributed by atoms with E-state index in [1.54, 1.807) is 0 Å². The summed E-state index contributed by atoms with van der Waals surface area (Å²) in [4.78, 5) is 5.09. The van der Waals surface area contributed by atoms with Gasteiger partial charge < -0.3 is 9.64 Å². The van der Waals surface area contributed by atoms with Gasteiger partial charge in [0.05, 0.1) is 11.6 Å². The van der Waals surface area contributed by atoms with Crippen LogP contribution in [0.25, 0.3) is 11.0 Å². The number of likely N-dealkylation sites (N-methyl/N-ethyl adjacent to an activating group) is 1. The standard InChI is InChI=1S/C31H53N5O/c1-28(2,22-29(3,4)23-30(5,6)24-20-25(21-24)37-9)14-15-31(7,35-18-16-34(8)17-19-35)36-27-13-11-10-12-26(27)32-33-36/h10-13,24-25H,14-23H2,1-9H3. The number of ether oxygens (including phenoxy) is 1. The summed E-state index contributed by atoms with van der Waals surface area (Å²) in [5, 5.41) is 9.28. The van der Waals surface area contributed by atoms with E-state index < -0.39 is 0 Å². The quantitative estimate of drug-likeness (QED) is 0.349. The third-order valence-electron chi connectivity index (χ3n) is 9.69. The molecule has 1 aliphatic carbocycles. The molecule has 0 radical (unpaired) electrons. The van der Waals surface area contributed by atoms with E-state index in [0.29, 0.717) is 11.5 Å². The van der Waals surface area contributed by atoms with E-state index in [4.69, 9.17) is 9.95 Å². The highest BCUT2D eigenvalue weighted by molar-refractivity contribution is 5.74. The number of hydrogen-bond acceptors (Lipinski definition) is 5. The van der Waals surface area contributed by atoms with Crippen LogP contribution in [0, 0.1) is 22.2 Å². The number of rotatable bonds is 11. The van der Waals surface area contributed by atoms with Gasteiger partial charge in [-0.3, -0.25) is 4.90 Å². The summed E-state index contributed by atoms with van der Waals surface area (Å²) < 4.78 is 7.80. The van der Waals surface area contributed by atoms with E-state index in [2.05, 4.69) is 99.4 Å². The van der Waals surface area contributed by atoms with Gasteiger partial charge in [0.15, 0.2) is 0 Å². The number of aromatic nitrogens is 3. The minimum absolute atomic E-state index is 0.195. The molecule has 2 aromatic rings. The van der Waals surface area contributed by atoms with Crippen molar-refractivity contribution in [3.63, 3.8) is 0 Å². The number of nitrogens with zero attached hydrogens (tertiary/aromatic N) is 5. The lowest BCUT2D eigenvalue weighted by molar-refractivity contribution is -0.0598. The van der Waals surface area contributed by atoms with E-state index in [9.17, 15) is 0 Å². The number of benzene rings is 1. The first kappa shape index (κ1) is 28.5. The minimum atomic E-state index is -0.195. The second-order valence-corrected chi connectivity index (χ2v) is 14.7. The van der Waals surface area contributed by atoms with Crippen molar-refractivity contribution in [1.82, 2.24) is 24.8 Å². The number of piperazine rings is 1. The van der Waals surface area contributed by atoms with E-state index in [-0.39, 0.29) is 16.5 Å². The Hall–Kier alpha value is -1.50. The zero-order valence-corrected chi connectivity index (χ0v) is 25.2. The number of methoxy groups -OCH3 is 1. The monoisotopic (exact) mass is 511 g/mol. The van der Waals surface area contributed by atoms with Crippen LogP contribution < -0.4 is 0 Å². The first-order valence-corrected chi connectivity index (χ1v) is 14.5. The van der Waals surface area contributed by atoms with Crippen molar-refractivity contribution in [2.45, 2.75) is 98.8 Å². The van der Waals surface area contributed by atoms with Crippen LogP contribution in [0.4, 0.5) is 0 Å². The average Bonchev–Trinajstić information content (AvgIpc) is 3.20. The van der Waals surface area contributed by atoms with E-state index in [1.165, 1.54) is 25.7 Å². The lowest BCUT2D eigenvalue weighted by Crippen LogP contribution is -2.56. The number of para-hydroxylation sites is 1. The van der Waals surface area contributed by atoms with Crippen molar-refractivity contribution < 1.29 is 4.74 Å². The fourth-order valence-electron chi connectivity index (χ4n) is 7.71. The summed E-state index contributed by atoms with van der Waals surface area (Å²) in [6.07, 6.45) is 7.62. The molecule has 1 unspecified atom stereocenters. The Bertz CT molecular complexity index is 1030. The molecule has 1 aliphatic heterocycles. The van der Waals surface area contributed by atoms with Crippen molar-refractivity contribution in [2.24, 2.45) is 22.2 Å². The van der Waals surface area contributed by atoms with Gasteiger partial charge in [-0.2, -0.15) is 0 Å². The molecular formula is C31H53N5O. The van der Waals surface area contributed by atoms with Gasteiger partial charge in [-0.25, -0.2) is 4.68 Å². The lowest BCUT2D eigenvalue weighted by Gasteiger charge is -2.49. The first-order chi connectivity index (χ1) is 17.2. The fourth-order valence-corrected chi connectivity index (χ4v) is 7.71. The smallest absolute Gasteiger partial charge is 0.114 e. The summed E-state index contributed by atoms with van der Waals surface area (Å²) in [5.74, 6) is 0.779. The predicted molar refractivity (Wildman–Crippen MR) is 154 cm³/mol. The van der Waals surface area contributed by atoms with Crippen LogP contribution in [0.2, 0.25) is 0 Å². The van der Waals surface area contributed by atoms with Gasteiger partial charge in [-0.15, -0.1) is 5.10 Å². The second kappa shape index (κ2) is 10.6. The van der Waals surface area contributed by atoms with E-state index in [1.807, 2.05) is 7.11 Å². The molecule has 2 aliphatic rings. The Balaban J connectivity index is 1.48. The normalized spacial score (nSPS) is 24.2. The Labute approximate surface area is 226 Å². The van der Waals surface area contributed by atoms with E-state index >= 15 is 0 Å². The SMILES string of the molecule is COC1CC(C(C)(C)CC(C)(C)CC(C)(C)CCC(C)(N2CCN(C)CC2)n2nnc3ccccc32)C1. The lowest BCUT2D eigenvalue weighted by atomic mass is 9.58. The molecule has 4 rings (SSSR count). The zero-order valence-electron chi connectivity index (χ0n) is 25.2. The summed E-state index contributed by atoms with van der Waals surface area (Å²) in [6, 6.07) is 8.42. The zero-order chi connectivity index (χ0) is 27.1. The predicted octanol–water partition coefficient (Wildman–Crippen LogP) is 6.42. The van der Waals surface area contributed by atoms with Gasteiger partial charge in [-0.1, -0.05) is 58.9 Å². The maximum Gasteiger partial charge on any atom is 0.114 e. The molecule has 208 valence electrons. The Morgan fingerprint density at radius 2 is 1.51 bits per heavy atom. The van der Waals surface area contributed by atoms with Crippen molar-refractivity contribution >= 4 is 11.0 Å². The van der Waals surface area contributed by atoms with Crippen molar-refractivity contribution in [1.29, 1.82) is 0 Å². The number of hydrogen-bond donors (Lipinski definition) is 0. The van der Waals surface area contributed by atoms with Crippen LogP contribution in [-0.2, 0) is 10.4 Å². The van der Waals surface area contributed by atoms with Crippen LogP contribution in [-0.4, -0.2) is 71.2 Å².